The second-order valence-electron chi connectivity index (χ2n) is 1.82. The van der Waals surface area contributed by atoms with E-state index in [1.54, 1.807) is 6.92 Å². The highest BCUT2D eigenvalue weighted by molar-refractivity contribution is 5.69. The van der Waals surface area contributed by atoms with E-state index in [-0.39, 0.29) is 13.0 Å². The van der Waals surface area contributed by atoms with E-state index in [0.29, 0.717) is 0 Å². The highest BCUT2D eigenvalue weighted by Gasteiger charge is 2.09. The first-order chi connectivity index (χ1) is 4.70. The second kappa shape index (κ2) is 5.17. The van der Waals surface area contributed by atoms with Crippen LogP contribution in [-0.2, 0) is 9.53 Å². The van der Waals surface area contributed by atoms with E-state index in [4.69, 9.17) is 5.11 Å². The average molecular weight is 150 g/mol. The van der Waals surface area contributed by atoms with Crippen LogP contribution in [0.2, 0.25) is 0 Å². The largest absolute Gasteiger partial charge is 0.466 e. The summed E-state index contributed by atoms with van der Waals surface area (Å²) in [5, 5.41) is 8.58. The topological polar surface area (TPSA) is 46.5 Å². The number of rotatable bonds is 4. The molecule has 0 amide bonds. The van der Waals surface area contributed by atoms with Crippen LogP contribution in [0.1, 0.15) is 13.3 Å². The lowest BCUT2D eigenvalue weighted by Crippen LogP contribution is -2.17. The van der Waals surface area contributed by atoms with Gasteiger partial charge < -0.3 is 9.84 Å². The minimum absolute atomic E-state index is 0.260. The molecule has 60 valence electrons. The van der Waals surface area contributed by atoms with Crippen molar-refractivity contribution in [2.75, 3.05) is 13.3 Å². The lowest BCUT2D eigenvalue weighted by atomic mass is 10.3. The maximum Gasteiger partial charge on any atom is 0.308 e. The van der Waals surface area contributed by atoms with Gasteiger partial charge >= 0.3 is 5.97 Å². The Morgan fingerprint density at radius 3 is 2.80 bits per heavy atom. The fraction of sp³-hybridized carbons (Fsp3) is 0.833. The van der Waals surface area contributed by atoms with Gasteiger partial charge in [-0.25, -0.2) is 4.39 Å². The molecule has 0 heterocycles. The van der Waals surface area contributed by atoms with Crippen molar-refractivity contribution in [2.24, 2.45) is 0 Å². The number of halogens is 1. The molecular weight excluding hydrogens is 139 g/mol. The maximum absolute atomic E-state index is 11.5. The molecule has 0 aliphatic carbocycles. The van der Waals surface area contributed by atoms with Crippen molar-refractivity contribution < 1.29 is 19.0 Å². The number of hydrogen-bond donors (Lipinski definition) is 1. The fourth-order valence-electron chi connectivity index (χ4n) is 0.467. The molecule has 0 radical (unpaired) electrons. The van der Waals surface area contributed by atoms with Crippen LogP contribution in [0.5, 0.6) is 0 Å². The lowest BCUT2D eigenvalue weighted by molar-refractivity contribution is -0.145. The third-order valence-corrected chi connectivity index (χ3v) is 0.886. The molecule has 0 aromatic heterocycles. The fourth-order valence-corrected chi connectivity index (χ4v) is 0.467. The van der Waals surface area contributed by atoms with Gasteiger partial charge in [-0.3, -0.25) is 4.79 Å². The Labute approximate surface area is 58.8 Å². The normalized spacial score (nSPS) is 12.7. The zero-order valence-corrected chi connectivity index (χ0v) is 5.84. The number of carbonyl (C=O) groups excluding carboxylic acids is 1. The predicted molar refractivity (Wildman–Crippen MR) is 33.2 cm³/mol. The molecule has 0 aromatic carbocycles. The Kier molecular flexibility index (Phi) is 4.84. The van der Waals surface area contributed by atoms with Gasteiger partial charge in [0.25, 0.3) is 0 Å². The molecular formula is C6H11FO3. The molecule has 3 nitrogen and oxygen atoms in total. The first-order valence-electron chi connectivity index (χ1n) is 3.10. The molecule has 0 saturated carbocycles. The minimum atomic E-state index is -1.21. The van der Waals surface area contributed by atoms with Crippen LogP contribution in [0.4, 0.5) is 4.39 Å². The van der Waals surface area contributed by atoms with Crippen LogP contribution in [0.25, 0.3) is 0 Å². The number of carbonyl (C=O) groups is 1. The molecule has 1 atom stereocenters. The maximum atomic E-state index is 11.5. The van der Waals surface area contributed by atoms with Crippen molar-refractivity contribution in [3.05, 3.63) is 0 Å². The number of esters is 1. The van der Waals surface area contributed by atoms with Crippen LogP contribution < -0.4 is 0 Å². The van der Waals surface area contributed by atoms with Crippen molar-refractivity contribution in [3.8, 4) is 0 Å². The Balaban J connectivity index is 3.37. The third kappa shape index (κ3) is 4.26. The summed E-state index contributed by atoms with van der Waals surface area (Å²) in [4.78, 5) is 10.5. The Hall–Kier alpha value is -0.640. The summed E-state index contributed by atoms with van der Waals surface area (Å²) >= 11 is 0. The Morgan fingerprint density at radius 1 is 1.80 bits per heavy atom. The number of aliphatic hydroxyl groups excluding tert-OH is 1. The molecule has 0 saturated heterocycles. The molecule has 10 heavy (non-hydrogen) atoms. The summed E-state index contributed by atoms with van der Waals surface area (Å²) in [7, 11) is 0. The first-order valence-corrected chi connectivity index (χ1v) is 3.10. The standard InChI is InChI=1S/C6H11FO3/c1-2-10-6(9)3-5(8)4-7/h5,8H,2-4H2,1H3/t5-/m1/s1. The van der Waals surface area contributed by atoms with Gasteiger partial charge in [-0.1, -0.05) is 0 Å². The van der Waals surface area contributed by atoms with Crippen molar-refractivity contribution in [2.45, 2.75) is 19.4 Å². The zero-order chi connectivity index (χ0) is 7.98. The van der Waals surface area contributed by atoms with Gasteiger partial charge in [0, 0.05) is 0 Å². The van der Waals surface area contributed by atoms with E-state index in [1.807, 2.05) is 0 Å². The predicted octanol–water partition coefficient (Wildman–Crippen LogP) is 0.270. The highest BCUT2D eigenvalue weighted by Crippen LogP contribution is 1.94. The van der Waals surface area contributed by atoms with Gasteiger partial charge in [0.1, 0.15) is 6.67 Å². The zero-order valence-electron chi connectivity index (χ0n) is 5.84. The van der Waals surface area contributed by atoms with E-state index in [2.05, 4.69) is 4.74 Å². The molecule has 0 fully saturated rings. The van der Waals surface area contributed by atoms with E-state index >= 15 is 0 Å². The van der Waals surface area contributed by atoms with Gasteiger partial charge in [-0.15, -0.1) is 0 Å². The number of ether oxygens (including phenoxy) is 1. The lowest BCUT2D eigenvalue weighted by Gasteiger charge is -2.03. The second-order valence-corrected chi connectivity index (χ2v) is 1.82. The van der Waals surface area contributed by atoms with Crippen LogP contribution in [0.15, 0.2) is 0 Å². The third-order valence-electron chi connectivity index (χ3n) is 0.886. The molecule has 0 unspecified atom stereocenters. The van der Waals surface area contributed by atoms with E-state index in [1.165, 1.54) is 0 Å². The summed E-state index contributed by atoms with van der Waals surface area (Å²) in [6, 6.07) is 0. The molecule has 1 N–H and O–H groups in total. The minimum Gasteiger partial charge on any atom is -0.466 e. The Bertz CT molecular complexity index is 105. The first kappa shape index (κ1) is 9.36. The molecule has 0 aromatic rings. The number of alkyl halides is 1. The molecule has 0 aliphatic heterocycles. The van der Waals surface area contributed by atoms with Crippen molar-refractivity contribution >= 4 is 5.97 Å². The smallest absolute Gasteiger partial charge is 0.308 e. The van der Waals surface area contributed by atoms with Crippen LogP contribution in [-0.4, -0.2) is 30.5 Å². The highest BCUT2D eigenvalue weighted by atomic mass is 19.1. The van der Waals surface area contributed by atoms with Crippen molar-refractivity contribution in [1.29, 1.82) is 0 Å². The van der Waals surface area contributed by atoms with Gasteiger partial charge in [-0.05, 0) is 6.92 Å². The summed E-state index contributed by atoms with van der Waals surface area (Å²) < 4.78 is 16.0. The van der Waals surface area contributed by atoms with Gasteiger partial charge in [0.05, 0.1) is 19.1 Å². The van der Waals surface area contributed by atoms with E-state index < -0.39 is 18.7 Å². The molecule has 0 aliphatic rings. The Morgan fingerprint density at radius 2 is 2.40 bits per heavy atom. The van der Waals surface area contributed by atoms with E-state index in [0.717, 1.165) is 0 Å². The van der Waals surface area contributed by atoms with Crippen molar-refractivity contribution in [3.63, 3.8) is 0 Å². The van der Waals surface area contributed by atoms with Crippen molar-refractivity contribution in [1.82, 2.24) is 0 Å². The van der Waals surface area contributed by atoms with Gasteiger partial charge in [0.2, 0.25) is 0 Å². The molecule has 4 heteroatoms. The number of aliphatic hydroxyl groups is 1. The summed E-state index contributed by atoms with van der Waals surface area (Å²) in [6.45, 7) is 1.01. The molecule has 0 bridgehead atoms. The molecule has 0 rings (SSSR count). The monoisotopic (exact) mass is 150 g/mol. The van der Waals surface area contributed by atoms with Gasteiger partial charge in [-0.2, -0.15) is 0 Å². The SMILES string of the molecule is CCOC(=O)C[C@@H](O)CF. The summed E-state index contributed by atoms with van der Waals surface area (Å²) in [5.74, 6) is -0.562. The number of hydrogen-bond acceptors (Lipinski definition) is 3. The van der Waals surface area contributed by atoms with Gasteiger partial charge in [0.15, 0.2) is 0 Å². The quantitative estimate of drug-likeness (QED) is 0.585. The van der Waals surface area contributed by atoms with Crippen LogP contribution in [0, 0.1) is 0 Å². The summed E-state index contributed by atoms with van der Waals surface area (Å²) in [5.41, 5.74) is 0. The summed E-state index contributed by atoms with van der Waals surface area (Å²) in [6.07, 6.45) is -1.47. The van der Waals surface area contributed by atoms with Crippen LogP contribution in [0.3, 0.4) is 0 Å². The van der Waals surface area contributed by atoms with E-state index in [9.17, 15) is 9.18 Å². The van der Waals surface area contributed by atoms with Crippen LogP contribution >= 0.6 is 0 Å². The average Bonchev–Trinajstić information content (AvgIpc) is 1.88. The molecule has 0 spiro atoms.